The molecule has 0 radical (unpaired) electrons. The number of nitrogens with zero attached hydrogens (tertiary/aromatic N) is 2. The van der Waals surface area contributed by atoms with Crippen LogP contribution in [0.3, 0.4) is 0 Å². The molecule has 2 aliphatic heterocycles. The van der Waals surface area contributed by atoms with Crippen LogP contribution in [0.5, 0.6) is 17.2 Å². The zero-order valence-corrected chi connectivity index (χ0v) is 28.1. The summed E-state index contributed by atoms with van der Waals surface area (Å²) in [7, 11) is -1.63. The minimum Gasteiger partial charge on any atom is -0.492 e. The van der Waals surface area contributed by atoms with Crippen LogP contribution in [-0.4, -0.2) is 80.2 Å². The van der Waals surface area contributed by atoms with Crippen molar-refractivity contribution >= 4 is 28.0 Å². The number of aliphatic hydroxyl groups excluding tert-OH is 1. The highest BCUT2D eigenvalue weighted by Crippen LogP contribution is 2.52. The maximum absolute atomic E-state index is 13.9. The van der Waals surface area contributed by atoms with E-state index in [0.717, 1.165) is 10.5 Å². The molecule has 0 aliphatic carbocycles. The lowest BCUT2D eigenvalue weighted by molar-refractivity contribution is -0.0117. The number of aryl methyl sites for hydroxylation is 1. The second-order valence-electron chi connectivity index (χ2n) is 12.5. The third kappa shape index (κ3) is 6.12. The maximum atomic E-state index is 13.9. The number of carbonyl (C=O) groups excluding carboxylic acids is 3. The van der Waals surface area contributed by atoms with Crippen molar-refractivity contribution in [3.63, 3.8) is 0 Å². The SMILES string of the molecule is COc1c(C)c(OS(=O)(=O)c2ccc(C)cc2)c2c(c1OC)[C@H](CN1C(=O)c3ccccc3C1=O)N(C(=O)OC(C)(C)C)[C@H](CO)C2. The minimum absolute atomic E-state index is 0.0760. The fraction of sp³-hybridized carbons (Fsp3) is 0.382. The molecule has 250 valence electrons. The lowest BCUT2D eigenvalue weighted by Crippen LogP contribution is -2.54. The van der Waals surface area contributed by atoms with Crippen LogP contribution in [0.1, 0.15) is 69.8 Å². The molecule has 2 heterocycles. The molecule has 47 heavy (non-hydrogen) atoms. The Balaban J connectivity index is 1.75. The predicted octanol–water partition coefficient (Wildman–Crippen LogP) is 4.58. The van der Waals surface area contributed by atoms with Crippen molar-refractivity contribution < 1.29 is 46.3 Å². The van der Waals surface area contributed by atoms with Crippen LogP contribution in [0.2, 0.25) is 0 Å². The summed E-state index contributed by atoms with van der Waals surface area (Å²) in [5.41, 5.74) is 1.17. The number of rotatable bonds is 8. The fourth-order valence-corrected chi connectivity index (χ4v) is 7.10. The van der Waals surface area contributed by atoms with Gasteiger partial charge in [-0.3, -0.25) is 19.4 Å². The topological polar surface area (TPSA) is 149 Å². The molecular weight excluding hydrogens is 628 g/mol. The standard InChI is InChI=1S/C34H38N2O10S/c1-19-12-14-22(15-13-19)47(41,42)46-28-20(2)29(43-6)30(44-7)27-25(28)16-21(18-37)36(33(40)45-34(3,4)5)26(27)17-35-31(38)23-10-8-9-11-24(23)32(35)39/h8-15,21,26,37H,16-18H2,1-7H3/t21-,26-/m0/s1. The molecule has 2 atom stereocenters. The maximum Gasteiger partial charge on any atom is 0.411 e. The Morgan fingerprint density at radius 3 is 2.00 bits per heavy atom. The molecule has 2 aliphatic rings. The van der Waals surface area contributed by atoms with Crippen molar-refractivity contribution in [2.45, 2.75) is 63.6 Å². The van der Waals surface area contributed by atoms with Crippen LogP contribution >= 0.6 is 0 Å². The number of amides is 3. The number of imide groups is 1. The number of benzene rings is 3. The first-order valence-corrected chi connectivity index (χ1v) is 16.4. The van der Waals surface area contributed by atoms with Crippen LogP contribution in [0, 0.1) is 13.8 Å². The number of hydrogen-bond acceptors (Lipinski definition) is 10. The molecule has 0 fully saturated rings. The number of methoxy groups -OCH3 is 2. The van der Waals surface area contributed by atoms with E-state index in [1.807, 2.05) is 6.92 Å². The van der Waals surface area contributed by atoms with Gasteiger partial charge in [-0.1, -0.05) is 29.8 Å². The van der Waals surface area contributed by atoms with Gasteiger partial charge in [0, 0.05) is 16.7 Å². The van der Waals surface area contributed by atoms with Crippen molar-refractivity contribution in [1.82, 2.24) is 9.80 Å². The predicted molar refractivity (Wildman–Crippen MR) is 170 cm³/mol. The van der Waals surface area contributed by atoms with E-state index in [4.69, 9.17) is 18.4 Å². The van der Waals surface area contributed by atoms with E-state index in [1.165, 1.54) is 31.3 Å². The van der Waals surface area contributed by atoms with Crippen molar-refractivity contribution in [2.24, 2.45) is 0 Å². The van der Waals surface area contributed by atoms with Gasteiger partial charge in [-0.05, 0) is 65.3 Å². The molecule has 1 N–H and O–H groups in total. The number of ether oxygens (including phenoxy) is 3. The quantitative estimate of drug-likeness (QED) is 0.268. The van der Waals surface area contributed by atoms with Crippen LogP contribution in [0.25, 0.3) is 0 Å². The van der Waals surface area contributed by atoms with Gasteiger partial charge < -0.3 is 23.5 Å². The summed E-state index contributed by atoms with van der Waals surface area (Å²) in [5.74, 6) is -0.948. The molecule has 0 saturated carbocycles. The van der Waals surface area contributed by atoms with Gasteiger partial charge >= 0.3 is 16.2 Å². The first-order chi connectivity index (χ1) is 22.1. The van der Waals surface area contributed by atoms with Gasteiger partial charge in [0.25, 0.3) is 11.8 Å². The summed E-state index contributed by atoms with van der Waals surface area (Å²) in [6.07, 6.45) is -0.899. The number of hydrogen-bond donors (Lipinski definition) is 1. The first kappa shape index (κ1) is 33.7. The molecule has 3 amide bonds. The summed E-state index contributed by atoms with van der Waals surface area (Å²) in [6.45, 7) is 7.55. The monoisotopic (exact) mass is 666 g/mol. The molecule has 0 spiro atoms. The zero-order valence-electron chi connectivity index (χ0n) is 27.3. The lowest BCUT2D eigenvalue weighted by atomic mass is 9.85. The van der Waals surface area contributed by atoms with Crippen LogP contribution in [0.4, 0.5) is 4.79 Å². The Hall–Kier alpha value is -4.62. The average molecular weight is 667 g/mol. The van der Waals surface area contributed by atoms with Gasteiger partial charge in [0.2, 0.25) is 0 Å². The molecule has 12 nitrogen and oxygen atoms in total. The molecule has 0 bridgehead atoms. The molecular formula is C34H38N2O10S. The summed E-state index contributed by atoms with van der Waals surface area (Å²) in [4.78, 5) is 43.3. The van der Waals surface area contributed by atoms with Crippen LogP contribution in [-0.2, 0) is 21.3 Å². The fourth-order valence-electron chi connectivity index (χ4n) is 6.09. The Bertz CT molecular complexity index is 1810. The van der Waals surface area contributed by atoms with Gasteiger partial charge in [-0.2, -0.15) is 8.42 Å². The molecule has 0 saturated heterocycles. The highest BCUT2D eigenvalue weighted by Gasteiger charge is 2.48. The summed E-state index contributed by atoms with van der Waals surface area (Å²) in [5, 5.41) is 10.7. The molecule has 0 aromatic heterocycles. The van der Waals surface area contributed by atoms with Gasteiger partial charge in [0.1, 0.15) is 10.5 Å². The number of carbonyl (C=O) groups is 3. The summed E-state index contributed by atoms with van der Waals surface area (Å²) < 4.78 is 50.4. The Morgan fingerprint density at radius 2 is 1.49 bits per heavy atom. The molecule has 13 heteroatoms. The highest BCUT2D eigenvalue weighted by molar-refractivity contribution is 7.87. The van der Waals surface area contributed by atoms with Crippen LogP contribution < -0.4 is 13.7 Å². The number of aliphatic hydroxyl groups is 1. The van der Waals surface area contributed by atoms with Gasteiger partial charge in [0.15, 0.2) is 17.2 Å². The van der Waals surface area contributed by atoms with E-state index in [2.05, 4.69) is 0 Å². The van der Waals surface area contributed by atoms with E-state index in [1.54, 1.807) is 64.1 Å². The summed E-state index contributed by atoms with van der Waals surface area (Å²) in [6, 6.07) is 10.4. The summed E-state index contributed by atoms with van der Waals surface area (Å²) >= 11 is 0. The molecule has 3 aromatic rings. The average Bonchev–Trinajstić information content (AvgIpc) is 3.25. The number of fused-ring (bicyclic) bond motifs is 2. The second-order valence-corrected chi connectivity index (χ2v) is 14.0. The van der Waals surface area contributed by atoms with Crippen molar-refractivity contribution in [1.29, 1.82) is 0 Å². The Morgan fingerprint density at radius 1 is 0.915 bits per heavy atom. The second kappa shape index (κ2) is 12.5. The third-order valence-electron chi connectivity index (χ3n) is 8.19. The van der Waals surface area contributed by atoms with Crippen molar-refractivity contribution in [2.75, 3.05) is 27.4 Å². The van der Waals surface area contributed by atoms with E-state index in [-0.39, 0.29) is 51.8 Å². The van der Waals surface area contributed by atoms with E-state index in [0.29, 0.717) is 11.1 Å². The normalized spacial score (nSPS) is 17.7. The zero-order chi connectivity index (χ0) is 34.4. The van der Waals surface area contributed by atoms with Gasteiger partial charge in [-0.25, -0.2) is 4.79 Å². The highest BCUT2D eigenvalue weighted by atomic mass is 32.2. The van der Waals surface area contributed by atoms with E-state index in [9.17, 15) is 27.9 Å². The Kier molecular flexibility index (Phi) is 8.99. The van der Waals surface area contributed by atoms with Crippen molar-refractivity contribution in [3.05, 3.63) is 81.9 Å². The van der Waals surface area contributed by atoms with E-state index < -0.39 is 52.3 Å². The van der Waals surface area contributed by atoms with Crippen LogP contribution in [0.15, 0.2) is 53.4 Å². The van der Waals surface area contributed by atoms with Gasteiger partial charge in [0.05, 0.1) is 50.6 Å². The first-order valence-electron chi connectivity index (χ1n) is 15.0. The molecule has 0 unspecified atom stereocenters. The molecule has 3 aromatic carbocycles. The largest absolute Gasteiger partial charge is 0.492 e. The minimum atomic E-state index is -4.39. The van der Waals surface area contributed by atoms with Gasteiger partial charge in [-0.15, -0.1) is 0 Å². The van der Waals surface area contributed by atoms with E-state index >= 15 is 0 Å². The smallest absolute Gasteiger partial charge is 0.411 e. The Labute approximate surface area is 273 Å². The lowest BCUT2D eigenvalue weighted by Gasteiger charge is -2.44. The third-order valence-corrected chi connectivity index (χ3v) is 9.43. The van der Waals surface area contributed by atoms with Crippen molar-refractivity contribution in [3.8, 4) is 17.2 Å². The molecule has 5 rings (SSSR count).